The summed E-state index contributed by atoms with van der Waals surface area (Å²) in [6, 6.07) is 10.2. The molecular formula is C14H12BCl2NO3S. The van der Waals surface area contributed by atoms with Crippen molar-refractivity contribution in [2.24, 2.45) is 0 Å². The van der Waals surface area contributed by atoms with E-state index in [1.165, 1.54) is 12.1 Å². The molecule has 0 unspecified atom stereocenters. The summed E-state index contributed by atoms with van der Waals surface area (Å²) in [7, 11) is -1.71. The maximum absolute atomic E-state index is 9.26. The molecule has 0 aliphatic rings. The maximum Gasteiger partial charge on any atom is 0.490 e. The smallest absolute Gasteiger partial charge is 0.432 e. The van der Waals surface area contributed by atoms with Gasteiger partial charge in [-0.15, -0.1) is 0 Å². The minimum atomic E-state index is -1.71. The average Bonchev–Trinajstić information content (AvgIpc) is 2.41. The highest BCUT2D eigenvalue weighted by molar-refractivity contribution is 7.80. The summed E-state index contributed by atoms with van der Waals surface area (Å²) in [6.07, 6.45) is 0. The Morgan fingerprint density at radius 1 is 1.18 bits per heavy atom. The highest BCUT2D eigenvalue weighted by Gasteiger charge is 2.18. The topological polar surface area (TPSA) is 61.7 Å². The molecule has 2 aromatic rings. The fourth-order valence-electron chi connectivity index (χ4n) is 1.78. The van der Waals surface area contributed by atoms with Crippen molar-refractivity contribution in [2.75, 3.05) is 5.32 Å². The third-order valence-electron chi connectivity index (χ3n) is 2.80. The Morgan fingerprint density at radius 3 is 2.55 bits per heavy atom. The SMILES string of the molecule is Cc1cccc(OC(=S)Nc2cc(B(O)O)c(Cl)cc2Cl)c1. The van der Waals surface area contributed by atoms with E-state index >= 15 is 0 Å². The Morgan fingerprint density at radius 2 is 1.91 bits per heavy atom. The molecule has 22 heavy (non-hydrogen) atoms. The van der Waals surface area contributed by atoms with Crippen molar-refractivity contribution in [2.45, 2.75) is 6.92 Å². The molecule has 0 saturated carbocycles. The molecule has 0 aromatic heterocycles. The van der Waals surface area contributed by atoms with Crippen LogP contribution in [0.2, 0.25) is 10.0 Å². The summed E-state index contributed by atoms with van der Waals surface area (Å²) in [4.78, 5) is 0. The highest BCUT2D eigenvalue weighted by atomic mass is 35.5. The van der Waals surface area contributed by atoms with E-state index in [1.807, 2.05) is 25.1 Å². The van der Waals surface area contributed by atoms with E-state index in [-0.39, 0.29) is 20.7 Å². The van der Waals surface area contributed by atoms with Crippen molar-refractivity contribution in [3.05, 3.63) is 52.0 Å². The van der Waals surface area contributed by atoms with Crippen LogP contribution < -0.4 is 15.5 Å². The molecule has 0 saturated heterocycles. The van der Waals surface area contributed by atoms with Gasteiger partial charge in [-0.05, 0) is 49.0 Å². The molecule has 0 radical (unpaired) electrons. The molecule has 0 aliphatic heterocycles. The Bertz CT molecular complexity index is 712. The van der Waals surface area contributed by atoms with E-state index in [4.69, 9.17) is 40.2 Å². The zero-order valence-corrected chi connectivity index (χ0v) is 13.8. The first-order valence-electron chi connectivity index (χ1n) is 6.27. The fraction of sp³-hybridized carbons (Fsp3) is 0.0714. The number of rotatable bonds is 3. The highest BCUT2D eigenvalue weighted by Crippen LogP contribution is 2.25. The first-order chi connectivity index (χ1) is 10.4. The molecule has 0 atom stereocenters. The molecule has 0 amide bonds. The third-order valence-corrected chi connectivity index (χ3v) is 3.63. The summed E-state index contributed by atoms with van der Waals surface area (Å²) < 4.78 is 5.49. The van der Waals surface area contributed by atoms with Crippen LogP contribution in [-0.4, -0.2) is 22.3 Å². The van der Waals surface area contributed by atoms with Gasteiger partial charge in [0.25, 0.3) is 5.17 Å². The number of hydrogen-bond donors (Lipinski definition) is 3. The van der Waals surface area contributed by atoms with E-state index in [9.17, 15) is 10.0 Å². The largest absolute Gasteiger partial charge is 0.490 e. The van der Waals surface area contributed by atoms with Gasteiger partial charge in [-0.3, -0.25) is 0 Å². The van der Waals surface area contributed by atoms with Crippen LogP contribution in [0, 0.1) is 6.92 Å². The minimum Gasteiger partial charge on any atom is -0.432 e. The Kier molecular flexibility index (Phi) is 5.66. The van der Waals surface area contributed by atoms with Gasteiger partial charge in [0, 0.05) is 10.5 Å². The first-order valence-corrected chi connectivity index (χ1v) is 7.44. The fourth-order valence-corrected chi connectivity index (χ4v) is 2.51. The predicted octanol–water partition coefficient (Wildman–Crippen LogP) is 2.76. The van der Waals surface area contributed by atoms with E-state index in [0.29, 0.717) is 11.4 Å². The molecule has 4 nitrogen and oxygen atoms in total. The van der Waals surface area contributed by atoms with Crippen LogP contribution >= 0.6 is 35.4 Å². The molecule has 3 N–H and O–H groups in total. The molecule has 8 heteroatoms. The van der Waals surface area contributed by atoms with Crippen molar-refractivity contribution in [1.82, 2.24) is 0 Å². The standard InChI is InChI=1S/C14H12BCl2NO3S/c1-8-3-2-4-9(5-8)21-14(22)18-13-6-10(15(19)20)11(16)7-12(13)17/h2-7,19-20H,1H3,(H,18,22). The maximum atomic E-state index is 9.26. The second-order valence-electron chi connectivity index (χ2n) is 4.56. The molecular weight excluding hydrogens is 344 g/mol. The quantitative estimate of drug-likeness (QED) is 0.583. The molecule has 0 spiro atoms. The van der Waals surface area contributed by atoms with E-state index in [1.54, 1.807) is 6.07 Å². The number of nitrogens with one attached hydrogen (secondary N) is 1. The lowest BCUT2D eigenvalue weighted by Crippen LogP contribution is -2.31. The van der Waals surface area contributed by atoms with Gasteiger partial charge < -0.3 is 20.1 Å². The van der Waals surface area contributed by atoms with Gasteiger partial charge in [-0.2, -0.15) is 0 Å². The van der Waals surface area contributed by atoms with Crippen LogP contribution in [0.3, 0.4) is 0 Å². The summed E-state index contributed by atoms with van der Waals surface area (Å²) >= 11 is 17.0. The molecule has 0 fully saturated rings. The summed E-state index contributed by atoms with van der Waals surface area (Å²) in [5.74, 6) is 0.588. The molecule has 114 valence electrons. The number of ether oxygens (including phenoxy) is 1. The third kappa shape index (κ3) is 4.35. The lowest BCUT2D eigenvalue weighted by molar-refractivity contribution is 0.426. The zero-order valence-electron chi connectivity index (χ0n) is 11.5. The second-order valence-corrected chi connectivity index (χ2v) is 5.74. The van der Waals surface area contributed by atoms with Crippen LogP contribution in [0.15, 0.2) is 36.4 Å². The molecule has 2 aromatic carbocycles. The Labute approximate surface area is 143 Å². The van der Waals surface area contributed by atoms with Crippen LogP contribution in [-0.2, 0) is 0 Å². The van der Waals surface area contributed by atoms with Crippen LogP contribution in [0.4, 0.5) is 5.69 Å². The number of thiocarbonyl (C=S) groups is 1. The van der Waals surface area contributed by atoms with Gasteiger partial charge in [-0.1, -0.05) is 35.3 Å². The predicted molar refractivity (Wildman–Crippen MR) is 94.3 cm³/mol. The lowest BCUT2D eigenvalue weighted by Gasteiger charge is -2.13. The van der Waals surface area contributed by atoms with Gasteiger partial charge in [0.15, 0.2) is 0 Å². The van der Waals surface area contributed by atoms with Gasteiger partial charge >= 0.3 is 7.12 Å². The van der Waals surface area contributed by atoms with E-state index < -0.39 is 7.12 Å². The summed E-state index contributed by atoms with van der Waals surface area (Å²) in [6.45, 7) is 1.94. The Balaban J connectivity index is 2.16. The van der Waals surface area contributed by atoms with Crippen molar-refractivity contribution >= 4 is 58.9 Å². The number of hydrogen-bond acceptors (Lipinski definition) is 4. The second kappa shape index (κ2) is 7.31. The van der Waals surface area contributed by atoms with Gasteiger partial charge in [0.1, 0.15) is 5.75 Å². The lowest BCUT2D eigenvalue weighted by atomic mass is 9.80. The number of anilines is 1. The van der Waals surface area contributed by atoms with Crippen molar-refractivity contribution in [3.8, 4) is 5.75 Å². The Hall–Kier alpha value is -1.31. The van der Waals surface area contributed by atoms with Crippen molar-refractivity contribution in [3.63, 3.8) is 0 Å². The first kappa shape index (κ1) is 17.1. The normalized spacial score (nSPS) is 10.2. The van der Waals surface area contributed by atoms with Crippen LogP contribution in [0.1, 0.15) is 5.56 Å². The molecule has 0 heterocycles. The summed E-state index contributed by atoms with van der Waals surface area (Å²) in [5, 5.41) is 21.8. The van der Waals surface area contributed by atoms with Gasteiger partial charge in [0.2, 0.25) is 0 Å². The molecule has 0 aliphatic carbocycles. The number of benzene rings is 2. The van der Waals surface area contributed by atoms with Gasteiger partial charge in [-0.25, -0.2) is 0 Å². The number of aryl methyl sites for hydroxylation is 1. The zero-order chi connectivity index (χ0) is 16.3. The molecule has 2 rings (SSSR count). The number of halogens is 2. The van der Waals surface area contributed by atoms with Gasteiger partial charge in [0.05, 0.1) is 10.7 Å². The van der Waals surface area contributed by atoms with Crippen molar-refractivity contribution < 1.29 is 14.8 Å². The average molecular weight is 356 g/mol. The monoisotopic (exact) mass is 355 g/mol. The van der Waals surface area contributed by atoms with Crippen LogP contribution in [0.5, 0.6) is 5.75 Å². The van der Waals surface area contributed by atoms with E-state index in [0.717, 1.165) is 5.56 Å². The summed E-state index contributed by atoms with van der Waals surface area (Å²) in [5.41, 5.74) is 1.52. The molecule has 0 bridgehead atoms. The van der Waals surface area contributed by atoms with E-state index in [2.05, 4.69) is 5.32 Å². The van der Waals surface area contributed by atoms with Crippen molar-refractivity contribution in [1.29, 1.82) is 0 Å². The van der Waals surface area contributed by atoms with Crippen LogP contribution in [0.25, 0.3) is 0 Å². The minimum absolute atomic E-state index is 0.0770.